The smallest absolute Gasteiger partial charge is 0.222 e. The van der Waals surface area contributed by atoms with E-state index in [1.165, 1.54) is 12.8 Å². The molecule has 1 amide bonds. The fraction of sp³-hybridized carbons (Fsp3) is 0.941. The van der Waals surface area contributed by atoms with E-state index in [0.29, 0.717) is 30.4 Å². The summed E-state index contributed by atoms with van der Waals surface area (Å²) in [7, 11) is 0. The van der Waals surface area contributed by atoms with Crippen LogP contribution in [0.15, 0.2) is 0 Å². The van der Waals surface area contributed by atoms with Crippen LogP contribution in [0.5, 0.6) is 0 Å². The van der Waals surface area contributed by atoms with Gasteiger partial charge in [-0.3, -0.25) is 9.69 Å². The van der Waals surface area contributed by atoms with E-state index in [0.717, 1.165) is 58.8 Å². The summed E-state index contributed by atoms with van der Waals surface area (Å²) in [5, 5.41) is 0. The standard InChI is InChI=1S/C17H30N2O3/c1-14-12-19(13-16(14)18-7-10-21-11-8-18)17(20)6-5-15-4-2-3-9-22-15/h14-16H,2-13H2,1H3. The molecule has 3 aliphatic heterocycles. The molecule has 3 rings (SSSR count). The van der Waals surface area contributed by atoms with Crippen LogP contribution in [0.2, 0.25) is 0 Å². The van der Waals surface area contributed by atoms with Gasteiger partial charge in [0.2, 0.25) is 5.91 Å². The van der Waals surface area contributed by atoms with Gasteiger partial charge >= 0.3 is 0 Å². The summed E-state index contributed by atoms with van der Waals surface area (Å²) < 4.78 is 11.2. The first-order valence-corrected chi connectivity index (χ1v) is 8.95. The fourth-order valence-electron chi connectivity index (χ4n) is 4.02. The molecule has 0 bridgehead atoms. The molecule has 5 heteroatoms. The number of ether oxygens (including phenoxy) is 2. The van der Waals surface area contributed by atoms with Crippen LogP contribution in [0.4, 0.5) is 0 Å². The molecule has 3 aliphatic rings. The minimum absolute atomic E-state index is 0.313. The molecule has 3 atom stereocenters. The molecule has 0 aromatic carbocycles. The van der Waals surface area contributed by atoms with Crippen LogP contribution in [-0.4, -0.2) is 73.9 Å². The molecule has 3 saturated heterocycles. The van der Waals surface area contributed by atoms with Gasteiger partial charge < -0.3 is 14.4 Å². The molecule has 22 heavy (non-hydrogen) atoms. The molecule has 0 N–H and O–H groups in total. The predicted molar refractivity (Wildman–Crippen MR) is 84.7 cm³/mol. The van der Waals surface area contributed by atoms with Gasteiger partial charge in [0, 0.05) is 45.2 Å². The minimum Gasteiger partial charge on any atom is -0.379 e. The van der Waals surface area contributed by atoms with E-state index in [2.05, 4.69) is 16.7 Å². The Kier molecular flexibility index (Phi) is 5.71. The molecule has 0 spiro atoms. The monoisotopic (exact) mass is 310 g/mol. The summed E-state index contributed by atoms with van der Waals surface area (Å²) in [5.41, 5.74) is 0. The lowest BCUT2D eigenvalue weighted by Crippen LogP contribution is -2.47. The molecule has 0 aromatic rings. The molecule has 3 fully saturated rings. The lowest BCUT2D eigenvalue weighted by molar-refractivity contribution is -0.131. The number of carbonyl (C=O) groups is 1. The van der Waals surface area contributed by atoms with Crippen LogP contribution >= 0.6 is 0 Å². The van der Waals surface area contributed by atoms with E-state index in [1.54, 1.807) is 0 Å². The normalized spacial score (nSPS) is 34.0. The SMILES string of the molecule is CC1CN(C(=O)CCC2CCCCO2)CC1N1CCOCC1. The zero-order valence-corrected chi connectivity index (χ0v) is 13.8. The number of morpholine rings is 1. The first kappa shape index (κ1) is 16.2. The minimum atomic E-state index is 0.313. The van der Waals surface area contributed by atoms with Gasteiger partial charge in [0.25, 0.3) is 0 Å². The van der Waals surface area contributed by atoms with Crippen LogP contribution in [0.1, 0.15) is 39.0 Å². The third kappa shape index (κ3) is 4.00. The highest BCUT2D eigenvalue weighted by Gasteiger charge is 2.36. The molecular weight excluding hydrogens is 280 g/mol. The molecule has 0 radical (unpaired) electrons. The quantitative estimate of drug-likeness (QED) is 0.789. The number of rotatable bonds is 4. The lowest BCUT2D eigenvalue weighted by atomic mass is 10.0. The van der Waals surface area contributed by atoms with E-state index >= 15 is 0 Å². The highest BCUT2D eigenvalue weighted by atomic mass is 16.5. The van der Waals surface area contributed by atoms with Crippen molar-refractivity contribution in [2.45, 2.75) is 51.2 Å². The van der Waals surface area contributed by atoms with Gasteiger partial charge in [0.05, 0.1) is 19.3 Å². The highest BCUT2D eigenvalue weighted by Crippen LogP contribution is 2.24. The van der Waals surface area contributed by atoms with Gasteiger partial charge in [-0.25, -0.2) is 0 Å². The summed E-state index contributed by atoms with van der Waals surface area (Å²) in [6, 6.07) is 0.513. The van der Waals surface area contributed by atoms with Gasteiger partial charge in [-0.15, -0.1) is 0 Å². The first-order chi connectivity index (χ1) is 10.7. The lowest BCUT2D eigenvalue weighted by Gasteiger charge is -2.34. The Morgan fingerprint density at radius 3 is 2.68 bits per heavy atom. The van der Waals surface area contributed by atoms with Gasteiger partial charge in [-0.05, 0) is 31.6 Å². The van der Waals surface area contributed by atoms with Gasteiger partial charge in [-0.2, -0.15) is 0 Å². The number of carbonyl (C=O) groups excluding carboxylic acids is 1. The van der Waals surface area contributed by atoms with Crippen LogP contribution in [0.3, 0.4) is 0 Å². The largest absolute Gasteiger partial charge is 0.379 e. The summed E-state index contributed by atoms with van der Waals surface area (Å²) in [6.07, 6.45) is 5.40. The average Bonchev–Trinajstić information content (AvgIpc) is 2.96. The fourth-order valence-corrected chi connectivity index (χ4v) is 4.02. The Labute approximate surface area is 133 Å². The number of amides is 1. The average molecular weight is 310 g/mol. The van der Waals surface area contributed by atoms with Gasteiger partial charge in [0.1, 0.15) is 0 Å². The van der Waals surface area contributed by atoms with Crippen LogP contribution < -0.4 is 0 Å². The molecule has 0 saturated carbocycles. The zero-order chi connectivity index (χ0) is 15.4. The summed E-state index contributed by atoms with van der Waals surface area (Å²) in [4.78, 5) is 17.1. The molecule has 5 nitrogen and oxygen atoms in total. The van der Waals surface area contributed by atoms with E-state index in [4.69, 9.17) is 9.47 Å². The van der Waals surface area contributed by atoms with Crippen molar-refractivity contribution >= 4 is 5.91 Å². The van der Waals surface area contributed by atoms with Crippen LogP contribution in [0.25, 0.3) is 0 Å². The second kappa shape index (κ2) is 7.75. The summed E-state index contributed by atoms with van der Waals surface area (Å²) in [6.45, 7) is 8.63. The molecular formula is C17H30N2O3. The van der Waals surface area contributed by atoms with E-state index in [1.807, 2.05) is 0 Å². The predicted octanol–water partition coefficient (Wildman–Crippen LogP) is 1.51. The molecule has 126 valence electrons. The molecule has 3 heterocycles. The van der Waals surface area contributed by atoms with Crippen LogP contribution in [0, 0.1) is 5.92 Å². The van der Waals surface area contributed by atoms with Crippen LogP contribution in [-0.2, 0) is 14.3 Å². The van der Waals surface area contributed by atoms with Gasteiger partial charge in [-0.1, -0.05) is 6.92 Å². The second-order valence-electron chi connectivity index (χ2n) is 7.02. The third-order valence-corrected chi connectivity index (χ3v) is 5.39. The van der Waals surface area contributed by atoms with Crippen molar-refractivity contribution in [1.29, 1.82) is 0 Å². The Hall–Kier alpha value is -0.650. The number of likely N-dealkylation sites (tertiary alicyclic amines) is 1. The summed E-state index contributed by atoms with van der Waals surface area (Å²) in [5.74, 6) is 0.879. The maximum Gasteiger partial charge on any atom is 0.222 e. The van der Waals surface area contributed by atoms with E-state index in [-0.39, 0.29) is 0 Å². The van der Waals surface area contributed by atoms with Gasteiger partial charge in [0.15, 0.2) is 0 Å². The highest BCUT2D eigenvalue weighted by molar-refractivity contribution is 5.76. The second-order valence-corrected chi connectivity index (χ2v) is 7.02. The molecule has 0 aromatic heterocycles. The van der Waals surface area contributed by atoms with Crippen molar-refractivity contribution in [2.75, 3.05) is 46.0 Å². The number of hydrogen-bond acceptors (Lipinski definition) is 4. The third-order valence-electron chi connectivity index (χ3n) is 5.39. The van der Waals surface area contributed by atoms with Crippen molar-refractivity contribution < 1.29 is 14.3 Å². The van der Waals surface area contributed by atoms with Crippen molar-refractivity contribution in [3.8, 4) is 0 Å². The Bertz CT molecular complexity index is 365. The Morgan fingerprint density at radius 2 is 1.95 bits per heavy atom. The van der Waals surface area contributed by atoms with Crippen molar-refractivity contribution in [3.63, 3.8) is 0 Å². The number of hydrogen-bond donors (Lipinski definition) is 0. The number of nitrogens with zero attached hydrogens (tertiary/aromatic N) is 2. The maximum atomic E-state index is 12.5. The van der Waals surface area contributed by atoms with E-state index < -0.39 is 0 Å². The molecule has 0 aliphatic carbocycles. The first-order valence-electron chi connectivity index (χ1n) is 8.95. The van der Waals surface area contributed by atoms with Crippen molar-refractivity contribution in [1.82, 2.24) is 9.80 Å². The van der Waals surface area contributed by atoms with E-state index in [9.17, 15) is 4.79 Å². The topological polar surface area (TPSA) is 42.0 Å². The maximum absolute atomic E-state index is 12.5. The molecule has 3 unspecified atom stereocenters. The van der Waals surface area contributed by atoms with Crippen molar-refractivity contribution in [3.05, 3.63) is 0 Å². The zero-order valence-electron chi connectivity index (χ0n) is 13.8. The van der Waals surface area contributed by atoms with Crippen molar-refractivity contribution in [2.24, 2.45) is 5.92 Å². The Balaban J connectivity index is 1.44. The Morgan fingerprint density at radius 1 is 1.14 bits per heavy atom. The summed E-state index contributed by atoms with van der Waals surface area (Å²) >= 11 is 0.